The predicted octanol–water partition coefficient (Wildman–Crippen LogP) is 3.71. The van der Waals surface area contributed by atoms with Gasteiger partial charge in [0.15, 0.2) is 5.66 Å². The van der Waals surface area contributed by atoms with E-state index in [4.69, 9.17) is 0 Å². The summed E-state index contributed by atoms with van der Waals surface area (Å²) in [5.41, 5.74) is 2.69. The van der Waals surface area contributed by atoms with Gasteiger partial charge in [0.1, 0.15) is 6.04 Å². The van der Waals surface area contributed by atoms with Crippen LogP contribution in [0.2, 0.25) is 0 Å². The van der Waals surface area contributed by atoms with E-state index in [1.807, 2.05) is 0 Å². The summed E-state index contributed by atoms with van der Waals surface area (Å²) in [6, 6.07) is 10.7. The van der Waals surface area contributed by atoms with Crippen LogP contribution in [-0.4, -0.2) is 59.6 Å². The summed E-state index contributed by atoms with van der Waals surface area (Å²) in [5.74, 6) is 1.98. The van der Waals surface area contributed by atoms with Gasteiger partial charge in [0.05, 0.1) is 36.7 Å². The average molecular weight is 408 g/mol. The fraction of sp³-hybridized carbons (Fsp3) is 0.760. The number of hydrogen-bond acceptors (Lipinski definition) is 4. The summed E-state index contributed by atoms with van der Waals surface area (Å²) < 4.78 is 1.28. The number of benzene rings is 1. The molecule has 6 aliphatic heterocycles. The van der Waals surface area contributed by atoms with Crippen LogP contribution in [0.3, 0.4) is 0 Å². The van der Waals surface area contributed by atoms with Crippen molar-refractivity contribution in [3.05, 3.63) is 29.8 Å². The van der Waals surface area contributed by atoms with Crippen LogP contribution in [0.25, 0.3) is 0 Å². The van der Waals surface area contributed by atoms with E-state index in [9.17, 15) is 5.11 Å². The van der Waals surface area contributed by atoms with E-state index in [1.54, 1.807) is 0 Å². The third-order valence-electron chi connectivity index (χ3n) is 10.7. The maximum Gasteiger partial charge on any atom is 0.188 e. The number of nitrogens with zero attached hydrogens (tertiary/aromatic N) is 4. The Morgan fingerprint density at radius 3 is 2.80 bits per heavy atom. The molecule has 30 heavy (non-hydrogen) atoms. The largest absolute Gasteiger partial charge is 0.392 e. The highest BCUT2D eigenvalue weighted by Crippen LogP contribution is 2.70. The molecule has 0 amide bonds. The molecule has 6 heterocycles. The molecule has 7 aliphatic rings. The Balaban J connectivity index is 1.35. The van der Waals surface area contributed by atoms with Crippen LogP contribution in [-0.2, 0) is 5.41 Å². The summed E-state index contributed by atoms with van der Waals surface area (Å²) in [6.45, 7) is 7.13. The second-order valence-corrected chi connectivity index (χ2v) is 11.6. The van der Waals surface area contributed by atoms with Gasteiger partial charge in [-0.3, -0.25) is 0 Å². The van der Waals surface area contributed by atoms with Crippen molar-refractivity contribution in [3.63, 3.8) is 0 Å². The average Bonchev–Trinajstić information content (AvgIpc) is 3.35. The molecule has 1 N–H and O–H groups in total. The van der Waals surface area contributed by atoms with Gasteiger partial charge in [0.25, 0.3) is 0 Å². The van der Waals surface area contributed by atoms with Crippen LogP contribution in [0.4, 0.5) is 5.69 Å². The summed E-state index contributed by atoms with van der Waals surface area (Å²) in [4.78, 5) is 2.58. The first-order chi connectivity index (χ1) is 14.5. The minimum atomic E-state index is -0.186. The molecule has 8 rings (SSSR count). The highest BCUT2D eigenvalue weighted by atomic mass is 16.3. The van der Waals surface area contributed by atoms with Crippen LogP contribution < -0.4 is 4.90 Å². The minimum absolute atomic E-state index is 0.0440. The van der Waals surface area contributed by atoms with E-state index in [-0.39, 0.29) is 17.2 Å². The Morgan fingerprint density at radius 1 is 1.23 bits per heavy atom. The normalized spacial score (nSPS) is 50.1. The molecule has 4 saturated heterocycles. The van der Waals surface area contributed by atoms with Gasteiger partial charge in [-0.1, -0.05) is 25.1 Å². The first-order valence-electron chi connectivity index (χ1n) is 12.3. The highest BCUT2D eigenvalue weighted by Gasteiger charge is 2.80. The van der Waals surface area contributed by atoms with E-state index in [2.05, 4.69) is 60.3 Å². The van der Waals surface area contributed by atoms with E-state index >= 15 is 0 Å². The molecule has 160 valence electrons. The highest BCUT2D eigenvalue weighted by molar-refractivity contribution is 5.66. The van der Waals surface area contributed by atoms with E-state index in [0.717, 1.165) is 18.3 Å². The SMILES string of the molecule is CC[C@@H]1C[N+]2(CCCC3(C)N=N3)[C@H]3C[C@@]45c6ccccc6N(C)[C@H]4[C@@H]2C[C@@H]1[C@@H]3[C@H]5O. The zero-order chi connectivity index (χ0) is 20.5. The van der Waals surface area contributed by atoms with Crippen molar-refractivity contribution in [2.45, 2.75) is 81.3 Å². The van der Waals surface area contributed by atoms with Crippen molar-refractivity contribution in [3.8, 4) is 0 Å². The molecule has 0 radical (unpaired) electrons. The van der Waals surface area contributed by atoms with Gasteiger partial charge in [-0.05, 0) is 30.9 Å². The van der Waals surface area contributed by atoms with Crippen LogP contribution >= 0.6 is 0 Å². The van der Waals surface area contributed by atoms with Crippen molar-refractivity contribution >= 4 is 5.69 Å². The summed E-state index contributed by atoms with van der Waals surface area (Å²) in [7, 11) is 2.31. The number of rotatable bonds is 5. The maximum atomic E-state index is 12.1. The fourth-order valence-electron chi connectivity index (χ4n) is 9.60. The Labute approximate surface area is 179 Å². The molecular weight excluding hydrogens is 372 g/mol. The lowest BCUT2D eigenvalue weighted by atomic mass is 9.61. The number of hydrogen-bond donors (Lipinski definition) is 1. The maximum absolute atomic E-state index is 12.1. The fourth-order valence-corrected chi connectivity index (χ4v) is 9.60. The molecule has 1 spiro atoms. The number of piperidine rings is 4. The Bertz CT molecular complexity index is 941. The molecule has 1 aliphatic carbocycles. The van der Waals surface area contributed by atoms with E-state index < -0.39 is 0 Å². The summed E-state index contributed by atoms with van der Waals surface area (Å²) >= 11 is 0. The van der Waals surface area contributed by atoms with Crippen LogP contribution in [0.1, 0.15) is 51.5 Å². The van der Waals surface area contributed by atoms with Gasteiger partial charge in [0, 0.05) is 50.3 Å². The molecule has 1 aromatic carbocycles. The molecule has 1 unspecified atom stereocenters. The number of aliphatic hydroxyl groups excluding tert-OH is 1. The topological polar surface area (TPSA) is 48.2 Å². The number of aliphatic hydroxyl groups is 1. The number of fused-ring (bicyclic) bond motifs is 2. The van der Waals surface area contributed by atoms with Crippen molar-refractivity contribution < 1.29 is 9.59 Å². The molecule has 5 nitrogen and oxygen atoms in total. The number of likely N-dealkylation sites (N-methyl/N-ethyl adjacent to an activating group) is 1. The van der Waals surface area contributed by atoms with Crippen molar-refractivity contribution in [1.82, 2.24) is 0 Å². The number of para-hydroxylation sites is 1. The molecule has 5 heteroatoms. The van der Waals surface area contributed by atoms with Gasteiger partial charge in [0.2, 0.25) is 0 Å². The Kier molecular flexibility index (Phi) is 3.31. The van der Waals surface area contributed by atoms with E-state index in [1.165, 1.54) is 54.5 Å². The lowest BCUT2D eigenvalue weighted by molar-refractivity contribution is -1.000. The van der Waals surface area contributed by atoms with Gasteiger partial charge >= 0.3 is 0 Å². The lowest BCUT2D eigenvalue weighted by Gasteiger charge is -2.66. The Hall–Kier alpha value is -1.46. The Morgan fingerprint density at radius 2 is 2.03 bits per heavy atom. The standard InChI is InChI=1S/C25H35N4O/c1-4-15-14-29(11-7-10-24(2)26-27-24)19-12-16(15)21-20(29)13-25(23(21)30)17-8-5-6-9-18(17)28(3)22(19)25/h5-6,8-9,15-16,19-23,30H,4,7,10-14H2,1-3H3/q+1/t15-,16+,19+,20+,21+,22+,23-,25-,29?/m1/s1. The second-order valence-electron chi connectivity index (χ2n) is 11.6. The van der Waals surface area contributed by atoms with Gasteiger partial charge in [-0.2, -0.15) is 10.2 Å². The monoisotopic (exact) mass is 407 g/mol. The van der Waals surface area contributed by atoms with Gasteiger partial charge < -0.3 is 14.5 Å². The van der Waals surface area contributed by atoms with E-state index in [0.29, 0.717) is 24.0 Å². The second kappa shape index (κ2) is 5.47. The third-order valence-corrected chi connectivity index (χ3v) is 10.7. The van der Waals surface area contributed by atoms with Crippen LogP contribution in [0, 0.1) is 17.8 Å². The lowest BCUT2D eigenvalue weighted by Crippen LogP contribution is -2.79. The number of anilines is 1. The minimum Gasteiger partial charge on any atom is -0.392 e. The quantitative estimate of drug-likeness (QED) is 0.757. The number of quaternary nitrogens is 1. The van der Waals surface area contributed by atoms with Crippen LogP contribution in [0.5, 0.6) is 0 Å². The van der Waals surface area contributed by atoms with Crippen molar-refractivity contribution in [2.24, 2.45) is 28.0 Å². The first kappa shape index (κ1) is 18.1. The zero-order valence-electron chi connectivity index (χ0n) is 18.5. The molecule has 9 atom stereocenters. The molecule has 1 aromatic rings. The van der Waals surface area contributed by atoms with Crippen LogP contribution in [0.15, 0.2) is 34.5 Å². The summed E-state index contributed by atoms with van der Waals surface area (Å²) in [6.07, 6.45) is 5.87. The zero-order valence-corrected chi connectivity index (χ0v) is 18.5. The predicted molar refractivity (Wildman–Crippen MR) is 116 cm³/mol. The first-order valence-corrected chi connectivity index (χ1v) is 12.3. The molecule has 1 saturated carbocycles. The van der Waals surface area contributed by atoms with Gasteiger partial charge in [-0.15, -0.1) is 0 Å². The molecule has 5 bridgehead atoms. The molecular formula is C25H35N4O+. The molecule has 5 fully saturated rings. The van der Waals surface area contributed by atoms with Gasteiger partial charge in [-0.25, -0.2) is 0 Å². The third kappa shape index (κ3) is 1.86. The summed E-state index contributed by atoms with van der Waals surface area (Å²) in [5, 5.41) is 20.6. The molecule has 0 aromatic heterocycles. The van der Waals surface area contributed by atoms with Crippen molar-refractivity contribution in [2.75, 3.05) is 25.0 Å². The smallest absolute Gasteiger partial charge is 0.188 e. The van der Waals surface area contributed by atoms with Crippen molar-refractivity contribution in [1.29, 1.82) is 0 Å².